The molecule has 0 atom stereocenters. The maximum Gasteiger partial charge on any atom is 0.0541 e. The average Bonchev–Trinajstić information content (AvgIpc) is 3.40. The first-order valence-electron chi connectivity index (χ1n) is 27.2. The molecule has 0 spiro atoms. The van der Waals surface area contributed by atoms with Crippen LogP contribution in [0.5, 0.6) is 0 Å². The zero-order valence-corrected chi connectivity index (χ0v) is 44.7. The highest BCUT2D eigenvalue weighted by Gasteiger charge is 2.26. The lowest BCUT2D eigenvalue weighted by Gasteiger charge is -2.34. The maximum atomic E-state index is 2.62. The number of hydrogen-bond donors (Lipinski definition) is 0. The summed E-state index contributed by atoms with van der Waals surface area (Å²) in [5, 5.41) is 2.48. The van der Waals surface area contributed by atoms with Crippen molar-refractivity contribution in [2.24, 2.45) is 0 Å². The summed E-state index contributed by atoms with van der Waals surface area (Å²) in [5.41, 5.74) is 23.2. The Balaban J connectivity index is 1.35. The molecule has 0 radical (unpaired) electrons. The molecule has 0 N–H and O–H groups in total. The standard InChI is InChI=1S/C70H78N2/c1-9-13-19-59-47-53(7)48-60(20-14-10-2)69(59)71(63-41-37-57(38-42-63)35-33-55-29-25-51(5)26-30-55)67-45-46-68(66-24-18-17-23-65(66)67)72(70-61(21-15-11-3)49-54(8)50-62(70)22-16-12-4)64-43-39-58(40-44-64)36-34-56-31-27-52(6)28-32-56/h17-18,23-50H,9-16,19-22H2,1-8H3/b35-33+,36-34+. The molecule has 8 aromatic rings. The van der Waals surface area contributed by atoms with Crippen LogP contribution in [0.2, 0.25) is 0 Å². The van der Waals surface area contributed by atoms with Crippen molar-refractivity contribution in [3.05, 3.63) is 224 Å². The van der Waals surface area contributed by atoms with E-state index in [9.17, 15) is 0 Å². The molecular weight excluding hydrogens is 869 g/mol. The monoisotopic (exact) mass is 947 g/mol. The molecule has 8 aromatic carbocycles. The minimum absolute atomic E-state index is 1.04. The van der Waals surface area contributed by atoms with Crippen LogP contribution in [0.1, 0.15) is 146 Å². The molecular formula is C70H78N2. The Labute approximate surface area is 433 Å². The van der Waals surface area contributed by atoms with Crippen molar-refractivity contribution in [2.45, 2.75) is 132 Å². The lowest BCUT2D eigenvalue weighted by Crippen LogP contribution is -2.18. The summed E-state index contributed by atoms with van der Waals surface area (Å²) in [7, 11) is 0. The molecule has 0 aromatic heterocycles. The van der Waals surface area contributed by atoms with E-state index in [2.05, 4.69) is 247 Å². The van der Waals surface area contributed by atoms with E-state index in [0.717, 1.165) is 77.0 Å². The molecule has 0 aliphatic heterocycles. The molecule has 0 unspecified atom stereocenters. The zero-order chi connectivity index (χ0) is 50.4. The first kappa shape index (κ1) is 51.5. The third kappa shape index (κ3) is 12.6. The van der Waals surface area contributed by atoms with Gasteiger partial charge < -0.3 is 9.80 Å². The Morgan fingerprint density at radius 2 is 0.597 bits per heavy atom. The smallest absolute Gasteiger partial charge is 0.0541 e. The largest absolute Gasteiger partial charge is 0.309 e. The second-order valence-corrected chi connectivity index (χ2v) is 20.3. The molecule has 0 aliphatic rings. The van der Waals surface area contributed by atoms with Crippen molar-refractivity contribution in [1.29, 1.82) is 0 Å². The van der Waals surface area contributed by atoms with E-state index in [-0.39, 0.29) is 0 Å². The molecule has 0 bridgehead atoms. The van der Waals surface area contributed by atoms with Crippen LogP contribution >= 0.6 is 0 Å². The molecule has 0 aliphatic carbocycles. The van der Waals surface area contributed by atoms with Crippen LogP contribution in [0.3, 0.4) is 0 Å². The van der Waals surface area contributed by atoms with E-state index < -0.39 is 0 Å². The van der Waals surface area contributed by atoms with Gasteiger partial charge in [-0.05, 0) is 160 Å². The first-order valence-corrected chi connectivity index (χ1v) is 27.2. The van der Waals surface area contributed by atoms with E-state index >= 15 is 0 Å². The highest BCUT2D eigenvalue weighted by atomic mass is 15.2. The quantitative estimate of drug-likeness (QED) is 0.0625. The predicted octanol–water partition coefficient (Wildman–Crippen LogP) is 20.7. The lowest BCUT2D eigenvalue weighted by atomic mass is 9.93. The van der Waals surface area contributed by atoms with Crippen LogP contribution in [0.25, 0.3) is 35.1 Å². The van der Waals surface area contributed by atoms with Crippen LogP contribution < -0.4 is 9.80 Å². The van der Waals surface area contributed by atoms with Gasteiger partial charge in [-0.3, -0.25) is 0 Å². The fraction of sp³-hybridized carbons (Fsp3) is 0.286. The van der Waals surface area contributed by atoms with Gasteiger partial charge in [-0.2, -0.15) is 0 Å². The third-order valence-corrected chi connectivity index (χ3v) is 14.2. The Morgan fingerprint density at radius 1 is 0.319 bits per heavy atom. The van der Waals surface area contributed by atoms with Crippen LogP contribution in [0.4, 0.5) is 34.1 Å². The molecule has 0 fully saturated rings. The SMILES string of the molecule is CCCCc1cc(C)cc(CCCC)c1N(c1ccc(/C=C/c2ccc(C)cc2)cc1)c1ccc(N(c2ccc(/C=C/c3ccc(C)cc3)cc2)c2c(CCCC)cc(C)cc2CCCC)c2ccccc12. The number of benzene rings is 8. The molecule has 0 amide bonds. The van der Waals surface area contributed by atoms with Gasteiger partial charge in [0.15, 0.2) is 0 Å². The summed E-state index contributed by atoms with van der Waals surface area (Å²) in [6.07, 6.45) is 22.3. The van der Waals surface area contributed by atoms with Crippen LogP contribution in [-0.2, 0) is 25.7 Å². The van der Waals surface area contributed by atoms with Gasteiger partial charge in [0.25, 0.3) is 0 Å². The molecule has 0 saturated heterocycles. The summed E-state index contributed by atoms with van der Waals surface area (Å²) >= 11 is 0. The van der Waals surface area contributed by atoms with Crippen molar-refractivity contribution >= 4 is 69.2 Å². The van der Waals surface area contributed by atoms with E-state index in [0.29, 0.717) is 0 Å². The Bertz CT molecular complexity index is 2810. The van der Waals surface area contributed by atoms with Crippen molar-refractivity contribution in [3.8, 4) is 0 Å². The van der Waals surface area contributed by atoms with Crippen LogP contribution in [-0.4, -0.2) is 0 Å². The van der Waals surface area contributed by atoms with Crippen molar-refractivity contribution < 1.29 is 0 Å². The van der Waals surface area contributed by atoms with Gasteiger partial charge in [0.1, 0.15) is 0 Å². The molecule has 0 heterocycles. The van der Waals surface area contributed by atoms with Gasteiger partial charge in [0.05, 0.1) is 22.7 Å². The maximum absolute atomic E-state index is 2.62. The van der Waals surface area contributed by atoms with Crippen LogP contribution in [0, 0.1) is 27.7 Å². The predicted molar refractivity (Wildman–Crippen MR) is 317 cm³/mol. The summed E-state index contributed by atoms with van der Waals surface area (Å²) in [5.74, 6) is 0. The number of hydrogen-bond acceptors (Lipinski definition) is 2. The molecule has 368 valence electrons. The second-order valence-electron chi connectivity index (χ2n) is 20.3. The zero-order valence-electron chi connectivity index (χ0n) is 44.7. The molecule has 2 heteroatoms. The van der Waals surface area contributed by atoms with E-state index in [1.807, 2.05) is 0 Å². The van der Waals surface area contributed by atoms with Gasteiger partial charge in [0, 0.05) is 22.1 Å². The Morgan fingerprint density at radius 3 is 0.875 bits per heavy atom. The fourth-order valence-electron chi connectivity index (χ4n) is 10.3. The minimum atomic E-state index is 1.04. The fourth-order valence-corrected chi connectivity index (χ4v) is 10.3. The summed E-state index contributed by atoms with van der Waals surface area (Å²) in [6.45, 7) is 18.1. The molecule has 2 nitrogen and oxygen atoms in total. The van der Waals surface area contributed by atoms with Crippen molar-refractivity contribution in [2.75, 3.05) is 9.80 Å². The first-order chi connectivity index (χ1) is 35.2. The minimum Gasteiger partial charge on any atom is -0.309 e. The molecule has 72 heavy (non-hydrogen) atoms. The van der Waals surface area contributed by atoms with Gasteiger partial charge in [-0.15, -0.1) is 0 Å². The van der Waals surface area contributed by atoms with E-state index in [1.165, 1.54) is 112 Å². The van der Waals surface area contributed by atoms with Gasteiger partial charge in [-0.25, -0.2) is 0 Å². The number of anilines is 6. The van der Waals surface area contributed by atoms with E-state index in [1.54, 1.807) is 0 Å². The third-order valence-electron chi connectivity index (χ3n) is 14.2. The summed E-state index contributed by atoms with van der Waals surface area (Å²) in [4.78, 5) is 5.25. The number of aryl methyl sites for hydroxylation is 8. The van der Waals surface area contributed by atoms with Gasteiger partial charge >= 0.3 is 0 Å². The van der Waals surface area contributed by atoms with Gasteiger partial charge in [-0.1, -0.05) is 221 Å². The van der Waals surface area contributed by atoms with Crippen molar-refractivity contribution in [1.82, 2.24) is 0 Å². The van der Waals surface area contributed by atoms with Crippen molar-refractivity contribution in [3.63, 3.8) is 0 Å². The average molecular weight is 947 g/mol. The highest BCUT2D eigenvalue weighted by Crippen LogP contribution is 2.49. The van der Waals surface area contributed by atoms with Gasteiger partial charge in [0.2, 0.25) is 0 Å². The second kappa shape index (κ2) is 25.0. The normalized spacial score (nSPS) is 11.6. The summed E-state index contributed by atoms with van der Waals surface area (Å²) in [6, 6.07) is 60.0. The number of nitrogens with zero attached hydrogens (tertiary/aromatic N) is 2. The topological polar surface area (TPSA) is 6.48 Å². The number of rotatable bonds is 22. The number of unbranched alkanes of at least 4 members (excludes halogenated alkanes) is 4. The Kier molecular flexibility index (Phi) is 17.8. The summed E-state index contributed by atoms with van der Waals surface area (Å²) < 4.78 is 0. The van der Waals surface area contributed by atoms with Crippen LogP contribution in [0.15, 0.2) is 158 Å². The molecule has 0 saturated carbocycles. The molecule has 8 rings (SSSR count). The lowest BCUT2D eigenvalue weighted by molar-refractivity contribution is 0.778. The number of fused-ring (bicyclic) bond motifs is 1. The Hall–Kier alpha value is -6.90. The highest BCUT2D eigenvalue weighted by molar-refractivity contribution is 6.08. The van der Waals surface area contributed by atoms with E-state index in [4.69, 9.17) is 0 Å².